The van der Waals surface area contributed by atoms with Crippen molar-refractivity contribution in [1.82, 2.24) is 0 Å². The van der Waals surface area contributed by atoms with Gasteiger partial charge in [-0.15, -0.1) is 0 Å². The number of hydrogen-bond acceptors (Lipinski definition) is 4. The first-order valence-corrected chi connectivity index (χ1v) is 6.42. The first-order chi connectivity index (χ1) is 7.02. The standard InChI is InChI=1S/C8H13NO5S/c10-7(1-2-8(11)12)9-15(13)5-3-14-4-6-15/h1-6H2,(H,11,12). The molecular weight excluding hydrogens is 222 g/mol. The molecule has 1 fully saturated rings. The number of nitrogens with zero attached hydrogens (tertiary/aromatic N) is 1. The molecule has 0 unspecified atom stereocenters. The quantitative estimate of drug-likeness (QED) is 0.735. The lowest BCUT2D eigenvalue weighted by Gasteiger charge is -2.15. The van der Waals surface area contributed by atoms with Gasteiger partial charge >= 0.3 is 5.97 Å². The van der Waals surface area contributed by atoms with Gasteiger partial charge < -0.3 is 9.84 Å². The lowest BCUT2D eigenvalue weighted by Crippen LogP contribution is -2.26. The molecule has 15 heavy (non-hydrogen) atoms. The highest BCUT2D eigenvalue weighted by molar-refractivity contribution is 7.93. The number of ether oxygens (including phenoxy) is 1. The van der Waals surface area contributed by atoms with Gasteiger partial charge in [0.15, 0.2) is 0 Å². The van der Waals surface area contributed by atoms with Crippen LogP contribution in [0.2, 0.25) is 0 Å². The average Bonchev–Trinajstić information content (AvgIpc) is 2.15. The maximum absolute atomic E-state index is 11.8. The highest BCUT2D eigenvalue weighted by Crippen LogP contribution is 2.05. The Morgan fingerprint density at radius 3 is 2.40 bits per heavy atom. The van der Waals surface area contributed by atoms with Crippen LogP contribution in [-0.2, 0) is 24.1 Å². The van der Waals surface area contributed by atoms with Gasteiger partial charge in [0.2, 0.25) is 0 Å². The molecule has 0 bridgehead atoms. The van der Waals surface area contributed by atoms with Crippen molar-refractivity contribution in [1.29, 1.82) is 0 Å². The topological polar surface area (TPSA) is 93.0 Å². The highest BCUT2D eigenvalue weighted by atomic mass is 32.2. The number of amides is 1. The lowest BCUT2D eigenvalue weighted by atomic mass is 10.3. The van der Waals surface area contributed by atoms with E-state index >= 15 is 0 Å². The van der Waals surface area contributed by atoms with Crippen molar-refractivity contribution in [2.75, 3.05) is 24.7 Å². The molecule has 1 aliphatic heterocycles. The van der Waals surface area contributed by atoms with Gasteiger partial charge in [-0.1, -0.05) is 0 Å². The molecule has 1 heterocycles. The van der Waals surface area contributed by atoms with Crippen molar-refractivity contribution >= 4 is 21.6 Å². The van der Waals surface area contributed by atoms with E-state index in [1.807, 2.05) is 0 Å². The molecule has 1 rings (SSSR count). The number of carbonyl (C=O) groups is 2. The van der Waals surface area contributed by atoms with E-state index in [0.29, 0.717) is 13.2 Å². The first-order valence-electron chi connectivity index (χ1n) is 4.57. The summed E-state index contributed by atoms with van der Waals surface area (Å²) in [6.07, 6.45) is -0.457. The fourth-order valence-electron chi connectivity index (χ4n) is 1.12. The molecule has 0 aromatic heterocycles. The maximum Gasteiger partial charge on any atom is 0.303 e. The summed E-state index contributed by atoms with van der Waals surface area (Å²) in [5, 5.41) is 8.35. The first kappa shape index (κ1) is 12.1. The Balaban J connectivity index is 2.56. The number of carboxylic acids is 1. The van der Waals surface area contributed by atoms with Gasteiger partial charge in [0.1, 0.15) is 0 Å². The van der Waals surface area contributed by atoms with Crippen LogP contribution in [0.15, 0.2) is 4.36 Å². The van der Waals surface area contributed by atoms with Crippen molar-refractivity contribution in [2.24, 2.45) is 4.36 Å². The second-order valence-electron chi connectivity index (χ2n) is 3.17. The van der Waals surface area contributed by atoms with Gasteiger partial charge in [-0.3, -0.25) is 9.59 Å². The number of aliphatic carboxylic acids is 1. The van der Waals surface area contributed by atoms with Crippen molar-refractivity contribution in [3.8, 4) is 0 Å². The number of rotatable bonds is 3. The third-order valence-corrected chi connectivity index (χ3v) is 4.06. The normalized spacial score (nSPS) is 19.5. The fourth-order valence-corrected chi connectivity index (χ4v) is 2.72. The molecule has 0 aromatic rings. The molecule has 7 heteroatoms. The molecule has 0 atom stereocenters. The summed E-state index contributed by atoms with van der Waals surface area (Å²) in [7, 11) is -2.48. The largest absolute Gasteiger partial charge is 0.481 e. The van der Waals surface area contributed by atoms with E-state index in [0.717, 1.165) is 0 Å². The van der Waals surface area contributed by atoms with Gasteiger partial charge in [0.25, 0.3) is 5.91 Å². The minimum Gasteiger partial charge on any atom is -0.481 e. The van der Waals surface area contributed by atoms with Crippen LogP contribution in [0.25, 0.3) is 0 Å². The molecule has 6 nitrogen and oxygen atoms in total. The Labute approximate surface area is 87.8 Å². The van der Waals surface area contributed by atoms with Gasteiger partial charge in [-0.25, -0.2) is 4.21 Å². The summed E-state index contributed by atoms with van der Waals surface area (Å²) in [6, 6.07) is 0. The molecule has 1 aliphatic rings. The molecule has 0 aliphatic carbocycles. The van der Waals surface area contributed by atoms with E-state index in [1.54, 1.807) is 0 Å². The van der Waals surface area contributed by atoms with Crippen LogP contribution in [0, 0.1) is 0 Å². The van der Waals surface area contributed by atoms with Crippen LogP contribution in [0.5, 0.6) is 0 Å². The van der Waals surface area contributed by atoms with Gasteiger partial charge in [0, 0.05) is 6.42 Å². The summed E-state index contributed by atoms with van der Waals surface area (Å²) >= 11 is 0. The highest BCUT2D eigenvalue weighted by Gasteiger charge is 2.16. The SMILES string of the molecule is O=C(O)CCC(=O)N=S1(=O)CCOCC1. The van der Waals surface area contributed by atoms with Crippen molar-refractivity contribution in [2.45, 2.75) is 12.8 Å². The zero-order valence-corrected chi connectivity index (χ0v) is 8.99. The second kappa shape index (κ2) is 5.22. The summed E-state index contributed by atoms with van der Waals surface area (Å²) in [6.45, 7) is 0.684. The molecule has 86 valence electrons. The van der Waals surface area contributed by atoms with Crippen LogP contribution in [0.3, 0.4) is 0 Å². The van der Waals surface area contributed by atoms with E-state index in [2.05, 4.69) is 4.36 Å². The van der Waals surface area contributed by atoms with Crippen LogP contribution in [0.4, 0.5) is 0 Å². The third-order valence-electron chi connectivity index (χ3n) is 1.91. The Morgan fingerprint density at radius 1 is 1.27 bits per heavy atom. The smallest absolute Gasteiger partial charge is 0.303 e. The van der Waals surface area contributed by atoms with E-state index in [9.17, 15) is 13.8 Å². The summed E-state index contributed by atoms with van der Waals surface area (Å²) in [5.74, 6) is -1.14. The Hall–Kier alpha value is -0.950. The Kier molecular flexibility index (Phi) is 4.22. The monoisotopic (exact) mass is 235 g/mol. The van der Waals surface area contributed by atoms with Crippen LogP contribution >= 0.6 is 0 Å². The van der Waals surface area contributed by atoms with Crippen LogP contribution in [-0.4, -0.2) is 45.9 Å². The fraction of sp³-hybridized carbons (Fsp3) is 0.750. The molecule has 1 saturated heterocycles. The van der Waals surface area contributed by atoms with E-state index in [-0.39, 0.29) is 24.3 Å². The molecular formula is C8H13NO5S. The summed E-state index contributed by atoms with van der Waals surface area (Å²) in [4.78, 5) is 21.4. The average molecular weight is 235 g/mol. The van der Waals surface area contributed by atoms with Crippen LogP contribution < -0.4 is 0 Å². The van der Waals surface area contributed by atoms with E-state index < -0.39 is 21.6 Å². The molecule has 0 spiro atoms. The lowest BCUT2D eigenvalue weighted by molar-refractivity contribution is -0.138. The zero-order valence-electron chi connectivity index (χ0n) is 8.18. The minimum atomic E-state index is -2.48. The van der Waals surface area contributed by atoms with Crippen molar-refractivity contribution in [3.63, 3.8) is 0 Å². The van der Waals surface area contributed by atoms with Crippen molar-refractivity contribution < 1.29 is 23.6 Å². The summed E-state index contributed by atoms with van der Waals surface area (Å²) in [5.41, 5.74) is 0. The number of carbonyl (C=O) groups excluding carboxylic acids is 1. The molecule has 1 N–H and O–H groups in total. The van der Waals surface area contributed by atoms with Gasteiger partial charge in [0.05, 0.1) is 40.9 Å². The van der Waals surface area contributed by atoms with E-state index in [1.165, 1.54) is 0 Å². The molecule has 0 radical (unpaired) electrons. The molecule has 0 aromatic carbocycles. The van der Waals surface area contributed by atoms with Gasteiger partial charge in [-0.2, -0.15) is 4.36 Å². The third kappa shape index (κ3) is 4.39. The summed E-state index contributed by atoms with van der Waals surface area (Å²) < 4.78 is 20.4. The molecule has 1 amide bonds. The van der Waals surface area contributed by atoms with Crippen LogP contribution in [0.1, 0.15) is 12.8 Å². The van der Waals surface area contributed by atoms with Crippen molar-refractivity contribution in [3.05, 3.63) is 0 Å². The predicted octanol–water partition coefficient (Wildman–Crippen LogP) is -0.124. The predicted molar refractivity (Wildman–Crippen MR) is 53.0 cm³/mol. The maximum atomic E-state index is 11.8. The van der Waals surface area contributed by atoms with Gasteiger partial charge in [-0.05, 0) is 0 Å². The second-order valence-corrected chi connectivity index (χ2v) is 5.72. The minimum absolute atomic E-state index is 0.187. The zero-order chi connectivity index (χ0) is 11.3. The van der Waals surface area contributed by atoms with E-state index in [4.69, 9.17) is 9.84 Å². The number of carboxylic acid groups (broad SMARTS) is 1. The molecule has 0 saturated carbocycles. The number of hydrogen-bond donors (Lipinski definition) is 1. The Bertz CT molecular complexity index is 357. The Morgan fingerprint density at radius 2 is 1.87 bits per heavy atom.